The molecule has 1 aliphatic rings. The maximum atomic E-state index is 12.9. The third kappa shape index (κ3) is 3.17. The SMILES string of the molecule is Cc1nccc([C@H]2CN(C(=O)Cn3c(C)nc4ccccc43)CCO2)n1. The molecule has 7 nitrogen and oxygen atoms in total. The first-order chi connectivity index (χ1) is 12.6. The first-order valence-electron chi connectivity index (χ1n) is 8.72. The van der Waals surface area contributed by atoms with E-state index in [1.54, 1.807) is 6.20 Å². The van der Waals surface area contributed by atoms with Gasteiger partial charge in [0.05, 0.1) is 29.9 Å². The zero-order valence-corrected chi connectivity index (χ0v) is 14.9. The lowest BCUT2D eigenvalue weighted by Gasteiger charge is -2.33. The second-order valence-corrected chi connectivity index (χ2v) is 6.46. The average molecular weight is 351 g/mol. The van der Waals surface area contributed by atoms with Gasteiger partial charge in [0.15, 0.2) is 0 Å². The highest BCUT2D eigenvalue weighted by Gasteiger charge is 2.27. The Kier molecular flexibility index (Phi) is 4.38. The molecular weight excluding hydrogens is 330 g/mol. The molecule has 0 N–H and O–H groups in total. The van der Waals surface area contributed by atoms with Crippen LogP contribution in [-0.2, 0) is 16.1 Å². The number of para-hydroxylation sites is 2. The molecule has 1 aromatic carbocycles. The first-order valence-corrected chi connectivity index (χ1v) is 8.72. The Morgan fingerprint density at radius 1 is 1.23 bits per heavy atom. The Morgan fingerprint density at radius 2 is 2.08 bits per heavy atom. The van der Waals surface area contributed by atoms with Crippen molar-refractivity contribution in [3.8, 4) is 0 Å². The Balaban J connectivity index is 1.51. The van der Waals surface area contributed by atoms with Crippen LogP contribution in [0, 0.1) is 13.8 Å². The van der Waals surface area contributed by atoms with Crippen LogP contribution in [0.25, 0.3) is 11.0 Å². The molecule has 0 saturated carbocycles. The van der Waals surface area contributed by atoms with Crippen molar-refractivity contribution in [1.82, 2.24) is 24.4 Å². The van der Waals surface area contributed by atoms with Gasteiger partial charge in [-0.1, -0.05) is 12.1 Å². The van der Waals surface area contributed by atoms with Gasteiger partial charge in [0, 0.05) is 12.7 Å². The summed E-state index contributed by atoms with van der Waals surface area (Å²) in [6.45, 7) is 5.65. The van der Waals surface area contributed by atoms with Crippen LogP contribution in [0.4, 0.5) is 0 Å². The minimum atomic E-state index is -0.213. The van der Waals surface area contributed by atoms with E-state index in [9.17, 15) is 4.79 Å². The van der Waals surface area contributed by atoms with Gasteiger partial charge in [-0.2, -0.15) is 0 Å². The van der Waals surface area contributed by atoms with E-state index in [1.165, 1.54) is 0 Å². The third-order valence-electron chi connectivity index (χ3n) is 4.69. The van der Waals surface area contributed by atoms with Crippen molar-refractivity contribution in [2.45, 2.75) is 26.5 Å². The van der Waals surface area contributed by atoms with Crippen LogP contribution in [0.5, 0.6) is 0 Å². The van der Waals surface area contributed by atoms with E-state index in [1.807, 2.05) is 53.6 Å². The molecule has 134 valence electrons. The van der Waals surface area contributed by atoms with Gasteiger partial charge in [-0.05, 0) is 32.0 Å². The Labute approximate surface area is 151 Å². The van der Waals surface area contributed by atoms with E-state index in [2.05, 4.69) is 15.0 Å². The topological polar surface area (TPSA) is 73.1 Å². The van der Waals surface area contributed by atoms with E-state index in [0.717, 1.165) is 22.6 Å². The zero-order valence-electron chi connectivity index (χ0n) is 14.9. The number of ether oxygens (including phenoxy) is 1. The van der Waals surface area contributed by atoms with Gasteiger partial charge < -0.3 is 14.2 Å². The molecule has 1 aliphatic heterocycles. The molecule has 0 unspecified atom stereocenters. The quantitative estimate of drug-likeness (QED) is 0.722. The molecule has 1 saturated heterocycles. The van der Waals surface area contributed by atoms with Crippen LogP contribution in [-0.4, -0.2) is 50.0 Å². The summed E-state index contributed by atoms with van der Waals surface area (Å²) in [5.41, 5.74) is 2.71. The number of aromatic nitrogens is 4. The number of rotatable bonds is 3. The summed E-state index contributed by atoms with van der Waals surface area (Å²) in [6, 6.07) is 9.73. The molecule has 4 rings (SSSR count). The van der Waals surface area contributed by atoms with Crippen LogP contribution in [0.15, 0.2) is 36.5 Å². The molecule has 0 bridgehead atoms. The van der Waals surface area contributed by atoms with Gasteiger partial charge in [0.1, 0.15) is 24.3 Å². The molecule has 3 heterocycles. The minimum absolute atomic E-state index is 0.0651. The highest BCUT2D eigenvalue weighted by molar-refractivity contribution is 5.81. The van der Waals surface area contributed by atoms with Gasteiger partial charge in [0.25, 0.3) is 0 Å². The predicted octanol–water partition coefficient (Wildman–Crippen LogP) is 2.04. The second kappa shape index (κ2) is 6.84. The van der Waals surface area contributed by atoms with Gasteiger partial charge in [-0.3, -0.25) is 4.79 Å². The number of nitrogens with zero attached hydrogens (tertiary/aromatic N) is 5. The van der Waals surface area contributed by atoms with E-state index in [0.29, 0.717) is 25.5 Å². The van der Waals surface area contributed by atoms with Crippen molar-refractivity contribution < 1.29 is 9.53 Å². The van der Waals surface area contributed by atoms with E-state index in [-0.39, 0.29) is 18.6 Å². The summed E-state index contributed by atoms with van der Waals surface area (Å²) in [5, 5.41) is 0. The second-order valence-electron chi connectivity index (χ2n) is 6.46. The van der Waals surface area contributed by atoms with Gasteiger partial charge >= 0.3 is 0 Å². The molecule has 26 heavy (non-hydrogen) atoms. The molecular formula is C19H21N5O2. The van der Waals surface area contributed by atoms with Crippen molar-refractivity contribution in [2.75, 3.05) is 19.7 Å². The number of hydrogen-bond acceptors (Lipinski definition) is 5. The van der Waals surface area contributed by atoms with Gasteiger partial charge in [-0.15, -0.1) is 0 Å². The highest BCUT2D eigenvalue weighted by atomic mass is 16.5. The fraction of sp³-hybridized carbons (Fsp3) is 0.368. The Morgan fingerprint density at radius 3 is 2.92 bits per heavy atom. The largest absolute Gasteiger partial charge is 0.368 e. The minimum Gasteiger partial charge on any atom is -0.368 e. The first kappa shape index (κ1) is 16.7. The van der Waals surface area contributed by atoms with Crippen molar-refractivity contribution in [3.05, 3.63) is 53.9 Å². The lowest BCUT2D eigenvalue weighted by atomic mass is 10.2. The molecule has 2 aromatic heterocycles. The molecule has 0 aliphatic carbocycles. The number of fused-ring (bicyclic) bond motifs is 1. The summed E-state index contributed by atoms with van der Waals surface area (Å²) in [5.74, 6) is 1.61. The monoisotopic (exact) mass is 351 g/mol. The number of imidazole rings is 1. The molecule has 1 atom stereocenters. The van der Waals surface area contributed by atoms with Crippen molar-refractivity contribution in [1.29, 1.82) is 0 Å². The Hall–Kier alpha value is -2.80. The van der Waals surface area contributed by atoms with Crippen LogP contribution in [0.2, 0.25) is 0 Å². The van der Waals surface area contributed by atoms with Crippen LogP contribution >= 0.6 is 0 Å². The lowest BCUT2D eigenvalue weighted by molar-refractivity contribution is -0.139. The predicted molar refractivity (Wildman–Crippen MR) is 96.5 cm³/mol. The Bertz CT molecular complexity index is 952. The molecule has 0 radical (unpaired) electrons. The number of amides is 1. The fourth-order valence-electron chi connectivity index (χ4n) is 3.34. The van der Waals surface area contributed by atoms with E-state index < -0.39 is 0 Å². The number of carbonyl (C=O) groups is 1. The van der Waals surface area contributed by atoms with Crippen molar-refractivity contribution >= 4 is 16.9 Å². The van der Waals surface area contributed by atoms with Crippen LogP contribution in [0.3, 0.4) is 0 Å². The zero-order chi connectivity index (χ0) is 18.1. The summed E-state index contributed by atoms with van der Waals surface area (Å²) >= 11 is 0. The summed E-state index contributed by atoms with van der Waals surface area (Å²) in [6.07, 6.45) is 1.51. The van der Waals surface area contributed by atoms with Crippen LogP contribution in [0.1, 0.15) is 23.4 Å². The summed E-state index contributed by atoms with van der Waals surface area (Å²) in [7, 11) is 0. The number of carbonyl (C=O) groups excluding carboxylic acids is 1. The van der Waals surface area contributed by atoms with E-state index in [4.69, 9.17) is 4.74 Å². The fourth-order valence-corrected chi connectivity index (χ4v) is 3.34. The third-order valence-corrected chi connectivity index (χ3v) is 4.69. The standard InChI is InChI=1S/C19H21N5O2/c1-13-20-8-7-16(21-13)18-11-23(9-10-26-18)19(25)12-24-14(2)22-15-5-3-4-6-17(15)24/h3-8,18H,9-12H2,1-2H3/t18-/m1/s1. The molecule has 0 spiro atoms. The van der Waals surface area contributed by atoms with Crippen molar-refractivity contribution in [2.24, 2.45) is 0 Å². The van der Waals surface area contributed by atoms with E-state index >= 15 is 0 Å². The smallest absolute Gasteiger partial charge is 0.242 e. The number of morpholine rings is 1. The average Bonchev–Trinajstić information content (AvgIpc) is 2.97. The molecule has 1 amide bonds. The number of aryl methyl sites for hydroxylation is 2. The molecule has 1 fully saturated rings. The number of benzene rings is 1. The molecule has 7 heteroatoms. The maximum absolute atomic E-state index is 12.9. The lowest BCUT2D eigenvalue weighted by Crippen LogP contribution is -2.44. The highest BCUT2D eigenvalue weighted by Crippen LogP contribution is 2.21. The number of hydrogen-bond donors (Lipinski definition) is 0. The van der Waals surface area contributed by atoms with Crippen molar-refractivity contribution in [3.63, 3.8) is 0 Å². The van der Waals surface area contributed by atoms with Gasteiger partial charge in [0.2, 0.25) is 5.91 Å². The molecule has 3 aromatic rings. The van der Waals surface area contributed by atoms with Crippen LogP contribution < -0.4 is 0 Å². The van der Waals surface area contributed by atoms with Gasteiger partial charge in [-0.25, -0.2) is 15.0 Å². The maximum Gasteiger partial charge on any atom is 0.242 e. The summed E-state index contributed by atoms with van der Waals surface area (Å²) < 4.78 is 7.79. The normalized spacial score (nSPS) is 17.6. The summed E-state index contributed by atoms with van der Waals surface area (Å²) in [4.78, 5) is 27.8.